The number of amides is 1. The third kappa shape index (κ3) is 4.49. The van der Waals surface area contributed by atoms with Crippen LogP contribution in [0.5, 0.6) is 0 Å². The third-order valence-electron chi connectivity index (χ3n) is 4.67. The van der Waals surface area contributed by atoms with E-state index in [0.29, 0.717) is 24.5 Å². The summed E-state index contributed by atoms with van der Waals surface area (Å²) in [4.78, 5) is 36.9. The van der Waals surface area contributed by atoms with Crippen molar-refractivity contribution in [1.29, 1.82) is 0 Å². The first-order valence-corrected chi connectivity index (χ1v) is 8.96. The maximum Gasteiger partial charge on any atom is 0.255 e. The van der Waals surface area contributed by atoms with Gasteiger partial charge < -0.3 is 10.1 Å². The number of carbonyl (C=O) groups is 3. The Bertz CT molecular complexity index is 838. The Morgan fingerprint density at radius 3 is 2.67 bits per heavy atom. The molecule has 1 aromatic heterocycles. The monoisotopic (exact) mass is 369 g/mol. The van der Waals surface area contributed by atoms with E-state index >= 15 is 0 Å². The first kappa shape index (κ1) is 19.0. The van der Waals surface area contributed by atoms with Crippen molar-refractivity contribution >= 4 is 17.5 Å². The maximum absolute atomic E-state index is 12.9. The van der Waals surface area contributed by atoms with Crippen molar-refractivity contribution in [2.45, 2.75) is 31.7 Å². The number of rotatable bonds is 7. The van der Waals surface area contributed by atoms with Crippen LogP contribution in [0.3, 0.4) is 0 Å². The van der Waals surface area contributed by atoms with Gasteiger partial charge in [0.2, 0.25) is 5.78 Å². The fraction of sp³-hybridized carbons (Fsp3) is 0.400. The zero-order valence-electron chi connectivity index (χ0n) is 15.5. The van der Waals surface area contributed by atoms with E-state index < -0.39 is 23.5 Å². The van der Waals surface area contributed by atoms with Gasteiger partial charge in [0, 0.05) is 39.1 Å². The van der Waals surface area contributed by atoms with Crippen LogP contribution >= 0.6 is 0 Å². The standard InChI is InChI=1S/C20H23N3O4/c1-13(24)19(25)17(10-14-6-4-3-5-7-14)21-20(26)16-11-23(2)22-18(16)15-8-9-27-12-15/h3-7,11,15,17H,8-10,12H2,1-2H3,(H,21,26). The van der Waals surface area contributed by atoms with Crippen LogP contribution in [-0.4, -0.2) is 46.5 Å². The van der Waals surface area contributed by atoms with E-state index in [0.717, 1.165) is 12.0 Å². The molecule has 1 fully saturated rings. The van der Waals surface area contributed by atoms with E-state index in [-0.39, 0.29) is 12.3 Å². The molecular weight excluding hydrogens is 346 g/mol. The normalized spacial score (nSPS) is 17.5. The molecule has 2 heterocycles. The van der Waals surface area contributed by atoms with E-state index in [2.05, 4.69) is 10.4 Å². The Morgan fingerprint density at radius 2 is 2.04 bits per heavy atom. The van der Waals surface area contributed by atoms with E-state index in [1.807, 2.05) is 30.3 Å². The number of hydrogen-bond donors (Lipinski definition) is 1. The number of nitrogens with one attached hydrogen (secondary N) is 1. The molecule has 2 atom stereocenters. The highest BCUT2D eigenvalue weighted by molar-refractivity contribution is 6.38. The molecule has 1 aliphatic heterocycles. The lowest BCUT2D eigenvalue weighted by Crippen LogP contribution is -2.45. The molecule has 0 aliphatic carbocycles. The number of aryl methyl sites for hydroxylation is 1. The molecule has 1 aliphatic rings. The lowest BCUT2D eigenvalue weighted by molar-refractivity contribution is -0.136. The van der Waals surface area contributed by atoms with Gasteiger partial charge in [-0.2, -0.15) is 5.10 Å². The molecule has 27 heavy (non-hydrogen) atoms. The minimum Gasteiger partial charge on any atom is -0.381 e. The molecule has 0 bridgehead atoms. The predicted molar refractivity (Wildman–Crippen MR) is 98.5 cm³/mol. The number of nitrogens with zero attached hydrogens (tertiary/aromatic N) is 2. The molecule has 0 spiro atoms. The zero-order valence-corrected chi connectivity index (χ0v) is 15.5. The van der Waals surface area contributed by atoms with E-state index in [4.69, 9.17) is 4.74 Å². The maximum atomic E-state index is 12.9. The fourth-order valence-corrected chi connectivity index (χ4v) is 3.27. The molecule has 7 nitrogen and oxygen atoms in total. The second-order valence-corrected chi connectivity index (χ2v) is 6.80. The molecule has 0 saturated carbocycles. The van der Waals surface area contributed by atoms with Crippen molar-refractivity contribution < 1.29 is 19.1 Å². The molecule has 142 valence electrons. The van der Waals surface area contributed by atoms with Gasteiger partial charge >= 0.3 is 0 Å². The summed E-state index contributed by atoms with van der Waals surface area (Å²) >= 11 is 0. The number of ketones is 2. The van der Waals surface area contributed by atoms with E-state index in [9.17, 15) is 14.4 Å². The van der Waals surface area contributed by atoms with Gasteiger partial charge in [0.1, 0.15) is 0 Å². The van der Waals surface area contributed by atoms with Gasteiger partial charge in [0.15, 0.2) is 5.78 Å². The van der Waals surface area contributed by atoms with Crippen molar-refractivity contribution in [3.63, 3.8) is 0 Å². The highest BCUT2D eigenvalue weighted by Crippen LogP contribution is 2.26. The van der Waals surface area contributed by atoms with Crippen molar-refractivity contribution in [2.24, 2.45) is 7.05 Å². The molecule has 3 rings (SSSR count). The molecule has 2 unspecified atom stereocenters. The summed E-state index contributed by atoms with van der Waals surface area (Å²) in [5.41, 5.74) is 1.96. The quantitative estimate of drug-likeness (QED) is 0.746. The van der Waals surface area contributed by atoms with Crippen molar-refractivity contribution in [2.75, 3.05) is 13.2 Å². The zero-order chi connectivity index (χ0) is 19.4. The van der Waals surface area contributed by atoms with E-state index in [1.165, 1.54) is 6.92 Å². The molecule has 1 saturated heterocycles. The summed E-state index contributed by atoms with van der Waals surface area (Å²) in [7, 11) is 1.75. The molecule has 2 aromatic rings. The van der Waals surface area contributed by atoms with Crippen LogP contribution in [0.4, 0.5) is 0 Å². The van der Waals surface area contributed by atoms with Gasteiger partial charge in [-0.05, 0) is 12.0 Å². The first-order chi connectivity index (χ1) is 13.0. The lowest BCUT2D eigenvalue weighted by atomic mass is 9.98. The molecular formula is C20H23N3O4. The van der Waals surface area contributed by atoms with Gasteiger partial charge in [0.25, 0.3) is 5.91 Å². The Morgan fingerprint density at radius 1 is 1.30 bits per heavy atom. The smallest absolute Gasteiger partial charge is 0.255 e. The first-order valence-electron chi connectivity index (χ1n) is 8.96. The van der Waals surface area contributed by atoms with Gasteiger partial charge in [-0.3, -0.25) is 19.1 Å². The van der Waals surface area contributed by atoms with Gasteiger partial charge in [0.05, 0.1) is 23.9 Å². The summed E-state index contributed by atoms with van der Waals surface area (Å²) < 4.78 is 6.99. The van der Waals surface area contributed by atoms with Crippen LogP contribution in [-0.2, 0) is 27.8 Å². The molecule has 1 aromatic carbocycles. The van der Waals surface area contributed by atoms with Gasteiger partial charge in [-0.1, -0.05) is 30.3 Å². The Balaban J connectivity index is 1.82. The summed E-state index contributed by atoms with van der Waals surface area (Å²) in [6.07, 6.45) is 2.70. The number of Topliss-reactive ketones (excluding diaryl/α,β-unsaturated/α-hetero) is 2. The second kappa shape index (κ2) is 8.26. The average Bonchev–Trinajstić information content (AvgIpc) is 3.30. The number of ether oxygens (including phenoxy) is 1. The van der Waals surface area contributed by atoms with Crippen molar-refractivity contribution in [3.8, 4) is 0 Å². The minimum absolute atomic E-state index is 0.0584. The fourth-order valence-electron chi connectivity index (χ4n) is 3.27. The highest BCUT2D eigenvalue weighted by Gasteiger charge is 2.30. The second-order valence-electron chi connectivity index (χ2n) is 6.80. The molecule has 7 heteroatoms. The van der Waals surface area contributed by atoms with Crippen LogP contribution in [0.15, 0.2) is 36.5 Å². The summed E-state index contributed by atoms with van der Waals surface area (Å²) in [5, 5.41) is 7.15. The largest absolute Gasteiger partial charge is 0.381 e. The van der Waals surface area contributed by atoms with Crippen molar-refractivity contribution in [3.05, 3.63) is 53.3 Å². The van der Waals surface area contributed by atoms with Crippen LogP contribution in [0.25, 0.3) is 0 Å². The summed E-state index contributed by atoms with van der Waals surface area (Å²) in [6.45, 7) is 2.39. The van der Waals surface area contributed by atoms with Crippen LogP contribution in [0, 0.1) is 0 Å². The summed E-state index contributed by atoms with van der Waals surface area (Å²) in [6, 6.07) is 8.38. The predicted octanol–water partition coefficient (Wildman–Crippen LogP) is 1.42. The van der Waals surface area contributed by atoms with Crippen molar-refractivity contribution in [1.82, 2.24) is 15.1 Å². The Hall–Kier alpha value is -2.80. The summed E-state index contributed by atoms with van der Waals surface area (Å²) in [5.74, 6) is -1.53. The van der Waals surface area contributed by atoms with E-state index in [1.54, 1.807) is 17.9 Å². The SMILES string of the molecule is CC(=O)C(=O)C(Cc1ccccc1)NC(=O)c1cn(C)nc1C1CCOC1. The van der Waals surface area contributed by atoms with Gasteiger partial charge in [-0.15, -0.1) is 0 Å². The average molecular weight is 369 g/mol. The number of hydrogen-bond acceptors (Lipinski definition) is 5. The van der Waals surface area contributed by atoms with Crippen LogP contribution in [0.1, 0.15) is 40.9 Å². The Labute approximate surface area is 157 Å². The molecule has 1 N–H and O–H groups in total. The highest BCUT2D eigenvalue weighted by atomic mass is 16.5. The number of benzene rings is 1. The third-order valence-corrected chi connectivity index (χ3v) is 4.67. The number of carbonyl (C=O) groups excluding carboxylic acids is 3. The molecule has 0 radical (unpaired) electrons. The van der Waals surface area contributed by atoms with Crippen LogP contribution < -0.4 is 5.32 Å². The molecule has 1 amide bonds. The van der Waals surface area contributed by atoms with Gasteiger partial charge in [-0.25, -0.2) is 0 Å². The topological polar surface area (TPSA) is 90.3 Å². The van der Waals surface area contributed by atoms with Crippen LogP contribution in [0.2, 0.25) is 0 Å². The number of aromatic nitrogens is 2. The Kier molecular flexibility index (Phi) is 5.81. The minimum atomic E-state index is -0.912. The lowest BCUT2D eigenvalue weighted by Gasteiger charge is -2.17.